The summed E-state index contributed by atoms with van der Waals surface area (Å²) in [6, 6.07) is 30.6. The summed E-state index contributed by atoms with van der Waals surface area (Å²) < 4.78 is 21.4. The van der Waals surface area contributed by atoms with Crippen LogP contribution in [0.1, 0.15) is 207 Å². The maximum atomic E-state index is 13.5. The van der Waals surface area contributed by atoms with Gasteiger partial charge in [-0.2, -0.15) is 6.07 Å². The van der Waals surface area contributed by atoms with Crippen LogP contribution in [0.5, 0.6) is 0 Å². The Bertz CT molecular complexity index is 3970. The Morgan fingerprint density at radius 1 is 0.548 bits per heavy atom. The average Bonchev–Trinajstić information content (AvgIpc) is 1.87. The predicted molar refractivity (Wildman–Crippen MR) is 350 cm³/mol. The number of carbonyl (C=O) groups is 5. The van der Waals surface area contributed by atoms with Crippen LogP contribution in [0.2, 0.25) is 0 Å². The van der Waals surface area contributed by atoms with E-state index in [9.17, 15) is 28.8 Å². The summed E-state index contributed by atoms with van der Waals surface area (Å²) in [5.74, 6) is 0.165. The summed E-state index contributed by atoms with van der Waals surface area (Å²) in [7, 11) is 6.37. The second-order valence-electron chi connectivity index (χ2n) is 23.3. The number of methoxy groups -OCH3 is 4. The molecule has 8 aromatic rings. The number of ketones is 1. The SMILES string of the molecule is COC(OC)c1cnc(C(=O)Cc2cccc(-c3cccc(NC(=O)c4cc(C5CC5)c(C=O)cn4)c3C)c2C)cc1C1CC1.COC(OC)c1cnc([C-]=O)cc1C1CC1.Cc1c(N)cccc1-c1cccc(N)c1C.O=Cc1cnc(C(=O)O)cc1C1CC1.[K+].[OH-]. The number of nitrogens with one attached hydrogen (secondary N) is 1. The zero-order chi connectivity index (χ0) is 65.0. The molecule has 1 amide bonds. The Balaban J connectivity index is 0.000000207. The molecule has 4 aliphatic carbocycles. The maximum Gasteiger partial charge on any atom is 1.00 e. The number of hydrogen-bond acceptors (Lipinski definition) is 17. The number of nitrogen functional groups attached to an aromatic ring is 2. The molecule has 19 nitrogen and oxygen atoms in total. The van der Waals surface area contributed by atoms with Crippen LogP contribution in [0.4, 0.5) is 17.1 Å². The van der Waals surface area contributed by atoms with E-state index in [1.54, 1.807) is 53.0 Å². The zero-order valence-corrected chi connectivity index (χ0v) is 57.1. The molecule has 4 fully saturated rings. The van der Waals surface area contributed by atoms with Crippen molar-refractivity contribution < 1.29 is 110 Å². The van der Waals surface area contributed by atoms with E-state index in [2.05, 4.69) is 37.4 Å². The number of nitrogens with zero attached hydrogens (tertiary/aromatic N) is 4. The third-order valence-corrected chi connectivity index (χ3v) is 17.1. The van der Waals surface area contributed by atoms with Crippen molar-refractivity contribution in [3.8, 4) is 22.3 Å². The van der Waals surface area contributed by atoms with Crippen molar-refractivity contribution in [1.29, 1.82) is 0 Å². The van der Waals surface area contributed by atoms with Crippen molar-refractivity contribution in [3.05, 3.63) is 217 Å². The summed E-state index contributed by atoms with van der Waals surface area (Å²) in [6.07, 6.45) is 17.4. The van der Waals surface area contributed by atoms with Crippen LogP contribution in [0.3, 0.4) is 0 Å². The molecule has 4 aromatic heterocycles. The minimum atomic E-state index is -1.05. The molecule has 20 heteroatoms. The van der Waals surface area contributed by atoms with Gasteiger partial charge in [0.05, 0.1) is 0 Å². The normalized spacial score (nSPS) is 13.7. The van der Waals surface area contributed by atoms with Crippen molar-refractivity contribution >= 4 is 53.6 Å². The molecule has 0 radical (unpaired) electrons. The second-order valence-corrected chi connectivity index (χ2v) is 23.3. The number of benzene rings is 4. The number of aldehydes is 2. The fourth-order valence-electron chi connectivity index (χ4n) is 11.2. The molecular formula is C73H77KN7O12-. The first-order valence-corrected chi connectivity index (χ1v) is 30.3. The predicted octanol–water partition coefficient (Wildman–Crippen LogP) is 10.4. The van der Waals surface area contributed by atoms with E-state index in [-0.39, 0.29) is 86.4 Å². The molecule has 4 saturated carbocycles. The summed E-state index contributed by atoms with van der Waals surface area (Å²) in [5, 5.41) is 11.7. The van der Waals surface area contributed by atoms with Gasteiger partial charge >= 0.3 is 57.4 Å². The van der Waals surface area contributed by atoms with Crippen molar-refractivity contribution in [3.63, 3.8) is 0 Å². The topological polar surface area (TPSA) is 305 Å². The van der Waals surface area contributed by atoms with Crippen molar-refractivity contribution in [1.82, 2.24) is 19.9 Å². The van der Waals surface area contributed by atoms with Crippen LogP contribution >= 0.6 is 0 Å². The summed E-state index contributed by atoms with van der Waals surface area (Å²) in [6.45, 7) is 8.06. The first-order chi connectivity index (χ1) is 43.9. The first kappa shape index (κ1) is 72.6. The van der Waals surface area contributed by atoms with E-state index < -0.39 is 18.5 Å². The number of aromatic nitrogens is 4. The minimum absolute atomic E-state index is 0. The van der Waals surface area contributed by atoms with Crippen LogP contribution in [0.25, 0.3) is 22.3 Å². The van der Waals surface area contributed by atoms with Crippen LogP contribution < -0.4 is 68.2 Å². The van der Waals surface area contributed by atoms with Gasteiger partial charge in [-0.05, 0) is 206 Å². The summed E-state index contributed by atoms with van der Waals surface area (Å²) in [5.41, 5.74) is 31.3. The molecule has 0 spiro atoms. The van der Waals surface area contributed by atoms with Gasteiger partial charge in [-0.15, -0.1) is 5.56 Å². The minimum Gasteiger partial charge on any atom is -0.870 e. The molecule has 0 aliphatic heterocycles. The van der Waals surface area contributed by atoms with Crippen LogP contribution in [-0.2, 0) is 30.2 Å². The molecule has 478 valence electrons. The number of amides is 1. The van der Waals surface area contributed by atoms with Gasteiger partial charge in [0, 0.05) is 105 Å². The standard InChI is InChI=1S/C37H37N3O5.C14H16N2.C12H14NO3.C10H9NO3.K.H2O/c1-21-25(15-35(42)33-17-30(24-13-14-24)31(19-39-33)37(44-3)45-4)7-5-8-27(21)28-9-6-10-32(22(28)2)40-36(43)34-16-29(23-11-12-23)26(20-41)18-38-34;1-9-11(5-3-7-13(9)15)12-6-4-8-14(16)10(12)2;1-15-12(16-2)11-6-13-9(7-14)5-10(11)8-3-4-8;12-5-7-4-11-9(10(13)14)3-8(7)6-1-2-6;;/h5-10,16-20,23-24,37H,11-15H2,1-4H3,(H,40,43);3-8H,15-16H2,1-2H3;5-6,8,12H,3-4H2,1-2H3;3-6H,1-2H2,(H,13,14);;1H2/q;;-1;;+1;/p-1. The van der Waals surface area contributed by atoms with Gasteiger partial charge in [-0.3, -0.25) is 34.1 Å². The molecular weight excluding hydrogens is 1210 g/mol. The molecule has 4 aromatic carbocycles. The Morgan fingerprint density at radius 2 is 0.946 bits per heavy atom. The number of aromatic carboxylic acids is 1. The zero-order valence-electron chi connectivity index (χ0n) is 54.0. The fourth-order valence-corrected chi connectivity index (χ4v) is 11.2. The van der Waals surface area contributed by atoms with Crippen LogP contribution in [0, 0.1) is 27.7 Å². The van der Waals surface area contributed by atoms with Crippen LogP contribution in [0.15, 0.2) is 122 Å². The fraction of sp³-hybridized carbons (Fsp3) is 0.315. The molecule has 4 heterocycles. The number of ether oxygens (including phenoxy) is 4. The number of anilines is 3. The number of hydrogen-bond donors (Lipinski definition) is 4. The van der Waals surface area contributed by atoms with E-state index in [1.165, 1.54) is 18.5 Å². The largest absolute Gasteiger partial charge is 1.00 e. The molecule has 4 aliphatic rings. The van der Waals surface area contributed by atoms with Gasteiger partial charge < -0.3 is 51.1 Å². The van der Waals surface area contributed by atoms with Crippen molar-refractivity contribution in [2.24, 2.45) is 0 Å². The summed E-state index contributed by atoms with van der Waals surface area (Å²) >= 11 is 0. The molecule has 0 saturated heterocycles. The Labute approximate surface area is 584 Å². The number of pyridine rings is 4. The van der Waals surface area contributed by atoms with Gasteiger partial charge in [0.1, 0.15) is 17.1 Å². The monoisotopic (exact) mass is 1280 g/mol. The number of carboxylic acids is 1. The number of rotatable bonds is 21. The molecule has 0 unspecified atom stereocenters. The third-order valence-electron chi connectivity index (χ3n) is 17.1. The smallest absolute Gasteiger partial charge is 0.870 e. The molecule has 7 N–H and O–H groups in total. The van der Waals surface area contributed by atoms with Crippen molar-refractivity contribution in [2.45, 2.75) is 122 Å². The van der Waals surface area contributed by atoms with E-state index in [4.69, 9.17) is 35.5 Å². The van der Waals surface area contributed by atoms with Gasteiger partial charge in [0.15, 0.2) is 30.9 Å². The molecule has 0 bridgehead atoms. The maximum absolute atomic E-state index is 13.5. The second kappa shape index (κ2) is 33.3. The summed E-state index contributed by atoms with van der Waals surface area (Å²) in [4.78, 5) is 86.5. The number of Topliss-reactive ketones (excluding diaryl/α,β-unsaturated/α-hetero) is 1. The van der Waals surface area contributed by atoms with E-state index in [0.717, 1.165) is 159 Å². The van der Waals surface area contributed by atoms with E-state index >= 15 is 0 Å². The molecule has 12 rings (SSSR count). The molecule has 93 heavy (non-hydrogen) atoms. The van der Waals surface area contributed by atoms with E-state index in [1.807, 2.05) is 101 Å². The van der Waals surface area contributed by atoms with E-state index in [0.29, 0.717) is 51.9 Å². The van der Waals surface area contributed by atoms with Gasteiger partial charge in [-0.25, -0.2) is 9.78 Å². The first-order valence-electron chi connectivity index (χ1n) is 30.3. The quantitative estimate of drug-likeness (QED) is 0.0130. The van der Waals surface area contributed by atoms with Gasteiger partial charge in [0.2, 0.25) is 0 Å². The van der Waals surface area contributed by atoms with Gasteiger partial charge in [-0.1, -0.05) is 60.3 Å². The Morgan fingerprint density at radius 3 is 1.41 bits per heavy atom. The number of carboxylic acid groups (broad SMARTS) is 1. The number of carbonyl (C=O) groups excluding carboxylic acids is 5. The number of nitrogens with two attached hydrogens (primary N) is 2. The Hall–Kier alpha value is -7.86. The van der Waals surface area contributed by atoms with Crippen molar-refractivity contribution in [2.75, 3.05) is 45.2 Å². The average molecular weight is 1280 g/mol. The molecule has 0 atom stereocenters. The Kier molecular flexibility index (Phi) is 26.0. The third kappa shape index (κ3) is 17.9. The van der Waals surface area contributed by atoms with Crippen LogP contribution in [-0.4, -0.2) is 95.5 Å². The van der Waals surface area contributed by atoms with Gasteiger partial charge in [0.25, 0.3) is 5.91 Å².